The molecule has 6 nitrogen and oxygen atoms in total. The van der Waals surface area contributed by atoms with Gasteiger partial charge in [0.25, 0.3) is 0 Å². The van der Waals surface area contributed by atoms with Crippen LogP contribution >= 0.6 is 0 Å². The maximum absolute atomic E-state index is 12.9. The molecule has 150 valence electrons. The summed E-state index contributed by atoms with van der Waals surface area (Å²) < 4.78 is 7.18. The van der Waals surface area contributed by atoms with E-state index in [2.05, 4.69) is 40.7 Å². The number of hydrogen-bond donors (Lipinski definition) is 0. The quantitative estimate of drug-likeness (QED) is 0.743. The van der Waals surface area contributed by atoms with E-state index in [9.17, 15) is 9.59 Å². The van der Waals surface area contributed by atoms with Crippen LogP contribution < -0.4 is 0 Å². The van der Waals surface area contributed by atoms with Gasteiger partial charge in [-0.3, -0.25) is 9.69 Å². The predicted octanol–water partition coefficient (Wildman–Crippen LogP) is 3.36. The molecule has 28 heavy (non-hydrogen) atoms. The summed E-state index contributed by atoms with van der Waals surface area (Å²) in [6, 6.07) is 10.3. The van der Waals surface area contributed by atoms with Crippen molar-refractivity contribution in [3.63, 3.8) is 0 Å². The number of hydrogen-bond acceptors (Lipinski definition) is 4. The number of carbonyl (C=O) groups is 2. The van der Waals surface area contributed by atoms with E-state index in [1.54, 1.807) is 11.8 Å². The summed E-state index contributed by atoms with van der Waals surface area (Å²) in [7, 11) is 0. The van der Waals surface area contributed by atoms with Crippen LogP contribution in [0.25, 0.3) is 5.69 Å². The zero-order chi connectivity index (χ0) is 20.3. The number of ether oxygens (including phenoxy) is 1. The van der Waals surface area contributed by atoms with Crippen LogP contribution in [0, 0.1) is 20.8 Å². The minimum Gasteiger partial charge on any atom is -0.450 e. The number of benzene rings is 1. The number of aromatic nitrogens is 1. The number of nitrogens with zero attached hydrogens (tertiary/aromatic N) is 3. The highest BCUT2D eigenvalue weighted by Gasteiger charge is 2.25. The molecule has 1 fully saturated rings. The van der Waals surface area contributed by atoms with Crippen LogP contribution in [-0.2, 0) is 4.74 Å². The monoisotopic (exact) mass is 383 g/mol. The Bertz CT molecular complexity index is 847. The molecule has 2 heterocycles. The van der Waals surface area contributed by atoms with E-state index in [1.165, 1.54) is 5.56 Å². The third kappa shape index (κ3) is 4.28. The lowest BCUT2D eigenvalue weighted by Crippen LogP contribution is -2.50. The highest BCUT2D eigenvalue weighted by Crippen LogP contribution is 2.22. The maximum atomic E-state index is 12.9. The second-order valence-electron chi connectivity index (χ2n) is 7.34. The minimum absolute atomic E-state index is 0.121. The Balaban J connectivity index is 1.67. The molecule has 2 aromatic rings. The third-order valence-corrected chi connectivity index (χ3v) is 5.29. The fourth-order valence-corrected chi connectivity index (χ4v) is 3.73. The number of ketones is 1. The van der Waals surface area contributed by atoms with Gasteiger partial charge in [0.2, 0.25) is 0 Å². The molecule has 1 aliphatic heterocycles. The highest BCUT2D eigenvalue weighted by atomic mass is 16.6. The first-order valence-electron chi connectivity index (χ1n) is 9.84. The Morgan fingerprint density at radius 1 is 1.00 bits per heavy atom. The van der Waals surface area contributed by atoms with Gasteiger partial charge in [0.15, 0.2) is 5.78 Å². The minimum atomic E-state index is -0.268. The molecule has 0 aliphatic carbocycles. The first-order chi connectivity index (χ1) is 13.4. The summed E-state index contributed by atoms with van der Waals surface area (Å²) in [4.78, 5) is 28.6. The van der Waals surface area contributed by atoms with Crippen LogP contribution in [0.15, 0.2) is 30.3 Å². The zero-order valence-electron chi connectivity index (χ0n) is 17.2. The van der Waals surface area contributed by atoms with E-state index in [-0.39, 0.29) is 11.9 Å². The highest BCUT2D eigenvalue weighted by molar-refractivity contribution is 5.99. The third-order valence-electron chi connectivity index (χ3n) is 5.29. The summed E-state index contributed by atoms with van der Waals surface area (Å²) in [6.45, 7) is 11.2. The van der Waals surface area contributed by atoms with Gasteiger partial charge in [0.1, 0.15) is 0 Å². The van der Waals surface area contributed by atoms with Crippen molar-refractivity contribution in [1.82, 2.24) is 14.4 Å². The van der Waals surface area contributed by atoms with E-state index in [0.29, 0.717) is 39.3 Å². The number of rotatable bonds is 5. The maximum Gasteiger partial charge on any atom is 0.409 e. The van der Waals surface area contributed by atoms with Crippen LogP contribution in [0.2, 0.25) is 0 Å². The van der Waals surface area contributed by atoms with Crippen LogP contribution in [-0.4, -0.2) is 65.6 Å². The summed E-state index contributed by atoms with van der Waals surface area (Å²) in [5, 5.41) is 0. The van der Waals surface area contributed by atoms with E-state index < -0.39 is 0 Å². The molecule has 1 aliphatic rings. The van der Waals surface area contributed by atoms with Crippen LogP contribution in [0.3, 0.4) is 0 Å². The fourth-order valence-electron chi connectivity index (χ4n) is 3.73. The van der Waals surface area contributed by atoms with Crippen LogP contribution in [0.1, 0.15) is 34.2 Å². The first kappa shape index (κ1) is 20.1. The van der Waals surface area contributed by atoms with Crippen LogP contribution in [0.4, 0.5) is 4.79 Å². The smallest absolute Gasteiger partial charge is 0.409 e. The Morgan fingerprint density at radius 2 is 1.64 bits per heavy atom. The molecule has 0 radical (unpaired) electrons. The van der Waals surface area contributed by atoms with Crippen molar-refractivity contribution in [3.05, 3.63) is 52.8 Å². The summed E-state index contributed by atoms with van der Waals surface area (Å²) in [5.74, 6) is 0.121. The Hall–Kier alpha value is -2.60. The number of carbonyl (C=O) groups excluding carboxylic acids is 2. The van der Waals surface area contributed by atoms with Crippen molar-refractivity contribution >= 4 is 11.9 Å². The van der Waals surface area contributed by atoms with E-state index in [0.717, 1.165) is 22.6 Å². The van der Waals surface area contributed by atoms with Gasteiger partial charge in [-0.2, -0.15) is 0 Å². The molecule has 1 aromatic carbocycles. The summed E-state index contributed by atoms with van der Waals surface area (Å²) >= 11 is 0. The van der Waals surface area contributed by atoms with Gasteiger partial charge in [0, 0.05) is 48.8 Å². The fraction of sp³-hybridized carbons (Fsp3) is 0.455. The molecule has 0 saturated carbocycles. The Labute approximate surface area is 166 Å². The molecule has 0 N–H and O–H groups in total. The van der Waals surface area contributed by atoms with Gasteiger partial charge in [0.05, 0.1) is 13.2 Å². The normalized spacial score (nSPS) is 14.9. The van der Waals surface area contributed by atoms with Gasteiger partial charge in [-0.15, -0.1) is 0 Å². The van der Waals surface area contributed by atoms with Crippen molar-refractivity contribution < 1.29 is 14.3 Å². The zero-order valence-corrected chi connectivity index (χ0v) is 17.2. The van der Waals surface area contributed by atoms with Gasteiger partial charge in [-0.05, 0) is 45.9 Å². The average molecular weight is 383 g/mol. The van der Waals surface area contributed by atoms with Crippen molar-refractivity contribution in [2.75, 3.05) is 39.3 Å². The molecule has 1 amide bonds. The van der Waals surface area contributed by atoms with Crippen molar-refractivity contribution in [2.24, 2.45) is 0 Å². The molecule has 3 rings (SSSR count). The van der Waals surface area contributed by atoms with Crippen molar-refractivity contribution in [2.45, 2.75) is 27.7 Å². The SMILES string of the molecule is CCOC(=O)N1CCN(CC(=O)c2cc(C)n(-c3ccc(C)cc3)c2C)CC1. The number of piperazine rings is 1. The molecule has 6 heteroatoms. The average Bonchev–Trinajstić information content (AvgIpc) is 2.98. The standard InChI is InChI=1S/C22H29N3O3/c1-5-28-22(27)24-12-10-23(11-13-24)15-21(26)20-14-17(3)25(18(20)4)19-8-6-16(2)7-9-19/h6-9,14H,5,10-13,15H2,1-4H3. The molecule has 0 atom stereocenters. The molecular formula is C22H29N3O3. The molecule has 0 spiro atoms. The van der Waals surface area contributed by atoms with E-state index in [1.807, 2.05) is 19.9 Å². The summed E-state index contributed by atoms with van der Waals surface area (Å²) in [6.07, 6.45) is -0.268. The molecule has 0 unspecified atom stereocenters. The lowest BCUT2D eigenvalue weighted by molar-refractivity contribution is 0.0733. The molecule has 1 saturated heterocycles. The predicted molar refractivity (Wildman–Crippen MR) is 109 cm³/mol. The molecule has 0 bridgehead atoms. The second-order valence-corrected chi connectivity index (χ2v) is 7.34. The topological polar surface area (TPSA) is 54.8 Å². The Morgan fingerprint density at radius 3 is 2.25 bits per heavy atom. The number of Topliss-reactive ketones (excluding diaryl/α,β-unsaturated/α-hetero) is 1. The summed E-state index contributed by atoms with van der Waals surface area (Å²) in [5.41, 5.74) is 5.08. The first-order valence-corrected chi connectivity index (χ1v) is 9.84. The van der Waals surface area contributed by atoms with Gasteiger partial charge >= 0.3 is 6.09 Å². The van der Waals surface area contributed by atoms with Gasteiger partial charge in [-0.25, -0.2) is 4.79 Å². The second kappa shape index (κ2) is 8.61. The van der Waals surface area contributed by atoms with E-state index in [4.69, 9.17) is 4.74 Å². The lowest BCUT2D eigenvalue weighted by atomic mass is 10.1. The van der Waals surface area contributed by atoms with Crippen molar-refractivity contribution in [3.8, 4) is 5.69 Å². The number of amides is 1. The van der Waals surface area contributed by atoms with Crippen LogP contribution in [0.5, 0.6) is 0 Å². The lowest BCUT2D eigenvalue weighted by Gasteiger charge is -2.33. The number of aryl methyl sites for hydroxylation is 2. The Kier molecular flexibility index (Phi) is 6.19. The molecular weight excluding hydrogens is 354 g/mol. The molecule has 1 aromatic heterocycles. The van der Waals surface area contributed by atoms with Gasteiger partial charge < -0.3 is 14.2 Å². The largest absolute Gasteiger partial charge is 0.450 e. The van der Waals surface area contributed by atoms with Gasteiger partial charge in [-0.1, -0.05) is 17.7 Å². The van der Waals surface area contributed by atoms with Crippen molar-refractivity contribution in [1.29, 1.82) is 0 Å². The van der Waals surface area contributed by atoms with E-state index >= 15 is 0 Å².